The Balaban J connectivity index is 2.19. The molecular formula is C5H11NO. The van der Waals surface area contributed by atoms with E-state index in [9.17, 15) is 0 Å². The van der Waals surface area contributed by atoms with E-state index in [4.69, 9.17) is 6.52 Å². The molecule has 42 valence electrons. The molecule has 0 atom stereocenters. The van der Waals surface area contributed by atoms with E-state index in [1.807, 2.05) is 0 Å². The minimum Gasteiger partial charge on any atom is -0.393 e. The van der Waals surface area contributed by atoms with E-state index in [2.05, 4.69) is 0 Å². The Morgan fingerprint density at radius 3 is 2.57 bits per heavy atom. The third kappa shape index (κ3) is 1.45. The molecule has 0 aliphatic carbocycles. The van der Waals surface area contributed by atoms with Crippen LogP contribution in [0.3, 0.4) is 0 Å². The van der Waals surface area contributed by atoms with Gasteiger partial charge in [0.1, 0.15) is 1.41 Å². The lowest BCUT2D eigenvalue weighted by Crippen LogP contribution is -2.30. The molecule has 0 spiro atoms. The molecule has 0 aromatic rings. The molecule has 1 fully saturated rings. The summed E-state index contributed by atoms with van der Waals surface area (Å²) in [5, 5.41) is 10.4. The second-order valence-electron chi connectivity index (χ2n) is 1.90. The molecule has 0 radical (unpaired) electrons. The zero-order chi connectivity index (χ0) is 5.98. The van der Waals surface area contributed by atoms with Gasteiger partial charge in [-0.1, -0.05) is 0 Å². The van der Waals surface area contributed by atoms with Crippen LogP contribution in [0.1, 0.15) is 12.8 Å². The van der Waals surface area contributed by atoms with E-state index in [1.54, 1.807) is 0 Å². The second-order valence-corrected chi connectivity index (χ2v) is 1.90. The SMILES string of the molecule is [3H]N1CCC(O)CC1. The van der Waals surface area contributed by atoms with Gasteiger partial charge in [-0.25, -0.2) is 0 Å². The molecular weight excluding hydrogens is 90.1 g/mol. The van der Waals surface area contributed by atoms with Crippen molar-refractivity contribution >= 4 is 0 Å². The van der Waals surface area contributed by atoms with Gasteiger partial charge in [0.05, 0.1) is 6.10 Å². The summed E-state index contributed by atoms with van der Waals surface area (Å²) in [7, 11) is 0. The van der Waals surface area contributed by atoms with Gasteiger partial charge in [-0.2, -0.15) is 0 Å². The van der Waals surface area contributed by atoms with E-state index in [0.29, 0.717) is 0 Å². The normalized spacial score (nSPS) is 30.1. The fraction of sp³-hybridized carbons (Fsp3) is 1.00. The molecule has 1 aliphatic heterocycles. The highest BCUT2D eigenvalue weighted by molar-refractivity contribution is 4.65. The lowest BCUT2D eigenvalue weighted by atomic mass is 10.1. The average Bonchev–Trinajstić information content (AvgIpc) is 1.77. The summed E-state index contributed by atoms with van der Waals surface area (Å²) in [6.07, 6.45) is 1.39. The molecule has 1 heterocycles. The standard InChI is InChI=1S/C5H11NO/c7-5-1-3-6-4-2-5/h5-7H,1-4H2/i/hT. The molecule has 1 rings (SSSR count). The lowest BCUT2D eigenvalue weighted by molar-refractivity contribution is 0.137. The molecule has 2 heteroatoms. The summed E-state index contributed by atoms with van der Waals surface area (Å²) in [5.74, 6) is 0. The molecule has 1 saturated heterocycles. The summed E-state index contributed by atoms with van der Waals surface area (Å²) in [6.45, 7) is 1.45. The maximum Gasteiger partial charge on any atom is 0.122 e. The molecule has 0 bridgehead atoms. The number of piperidine rings is 1. The Morgan fingerprint density at radius 2 is 2.14 bits per heavy atom. The number of hydrogen-bond acceptors (Lipinski definition) is 2. The van der Waals surface area contributed by atoms with Crippen molar-refractivity contribution in [3.05, 3.63) is 0 Å². The fourth-order valence-corrected chi connectivity index (χ4v) is 0.737. The summed E-state index contributed by atoms with van der Waals surface area (Å²) in [6, 6.07) is 0. The van der Waals surface area contributed by atoms with Crippen LogP contribution in [-0.4, -0.2) is 24.3 Å². The summed E-state index contributed by atoms with van der Waals surface area (Å²) < 4.78 is 7.08. The maximum atomic E-state index is 8.92. The predicted molar refractivity (Wildman–Crippen MR) is 28.1 cm³/mol. The zero-order valence-electron chi connectivity index (χ0n) is 5.30. The molecule has 0 unspecified atom stereocenters. The molecule has 0 aromatic heterocycles. The van der Waals surface area contributed by atoms with E-state index in [0.717, 1.165) is 25.9 Å². The van der Waals surface area contributed by atoms with E-state index < -0.39 is 0 Å². The smallest absolute Gasteiger partial charge is 0.122 e. The van der Waals surface area contributed by atoms with Gasteiger partial charge in [0, 0.05) is 0 Å². The first-order chi connectivity index (χ1) is 3.79. The van der Waals surface area contributed by atoms with Crippen LogP contribution >= 0.6 is 0 Å². The minimum atomic E-state index is -0.142. The van der Waals surface area contributed by atoms with Crippen LogP contribution in [0.25, 0.3) is 0 Å². The summed E-state index contributed by atoms with van der Waals surface area (Å²) in [4.78, 5) is 0. The highest BCUT2D eigenvalue weighted by Crippen LogP contribution is 1.99. The van der Waals surface area contributed by atoms with Crippen molar-refractivity contribution in [2.75, 3.05) is 13.1 Å². The molecule has 2 nitrogen and oxygen atoms in total. The Labute approximate surface area is 45.0 Å². The first-order valence-electron chi connectivity index (χ1n) is 3.15. The van der Waals surface area contributed by atoms with E-state index in [1.165, 1.54) is 5.31 Å². The minimum absolute atomic E-state index is 0.142. The lowest BCUT2D eigenvalue weighted by Gasteiger charge is -2.16. The van der Waals surface area contributed by atoms with Gasteiger partial charge in [0.2, 0.25) is 0 Å². The van der Waals surface area contributed by atoms with Crippen molar-refractivity contribution < 1.29 is 6.52 Å². The Morgan fingerprint density at radius 1 is 1.57 bits per heavy atom. The number of hydrogen-bond donors (Lipinski definition) is 2. The summed E-state index contributed by atoms with van der Waals surface area (Å²) in [5.41, 5.74) is 0. The molecule has 1 aliphatic rings. The van der Waals surface area contributed by atoms with Crippen molar-refractivity contribution in [2.45, 2.75) is 18.9 Å². The number of aliphatic hydroxyl groups excluding tert-OH is 1. The first kappa shape index (κ1) is 3.87. The monoisotopic (exact) mass is 103 g/mol. The third-order valence-electron chi connectivity index (χ3n) is 1.24. The Kier molecular flexibility index (Phi) is 1.26. The van der Waals surface area contributed by atoms with Crippen LogP contribution in [0.15, 0.2) is 0 Å². The van der Waals surface area contributed by atoms with Crippen LogP contribution in [0.5, 0.6) is 0 Å². The topological polar surface area (TPSA) is 32.3 Å². The third-order valence-corrected chi connectivity index (χ3v) is 1.24. The second kappa shape index (κ2) is 2.28. The van der Waals surface area contributed by atoms with Gasteiger partial charge in [-0.15, -0.1) is 0 Å². The van der Waals surface area contributed by atoms with Gasteiger partial charge < -0.3 is 10.4 Å². The molecule has 2 N–H and O–H groups in total. The first-order valence-corrected chi connectivity index (χ1v) is 2.71. The van der Waals surface area contributed by atoms with Crippen LogP contribution in [0.2, 0.25) is 1.41 Å². The van der Waals surface area contributed by atoms with Gasteiger partial charge in [-0.3, -0.25) is 0 Å². The Bertz CT molecular complexity index is 60.8. The molecule has 0 saturated carbocycles. The van der Waals surface area contributed by atoms with Gasteiger partial charge in [0.15, 0.2) is 0 Å². The highest BCUT2D eigenvalue weighted by atomic mass is 16.3. The number of rotatable bonds is 0. The quantitative estimate of drug-likeness (QED) is 0.442. The largest absolute Gasteiger partial charge is 0.393 e. The fourth-order valence-electron chi connectivity index (χ4n) is 0.737. The van der Waals surface area contributed by atoms with Gasteiger partial charge >= 0.3 is 0 Å². The maximum absolute atomic E-state index is 8.92. The molecule has 0 amide bonds. The van der Waals surface area contributed by atoms with Crippen molar-refractivity contribution in [3.63, 3.8) is 0 Å². The van der Waals surface area contributed by atoms with Crippen molar-refractivity contribution in [1.29, 1.82) is 0 Å². The zero-order valence-corrected chi connectivity index (χ0v) is 4.30. The molecule has 7 heavy (non-hydrogen) atoms. The summed E-state index contributed by atoms with van der Waals surface area (Å²) >= 11 is 0. The molecule has 0 aromatic carbocycles. The number of aliphatic hydroxyl groups is 1. The van der Waals surface area contributed by atoms with Crippen molar-refractivity contribution in [1.82, 2.24) is 5.31 Å². The van der Waals surface area contributed by atoms with Crippen molar-refractivity contribution in [3.8, 4) is 0 Å². The van der Waals surface area contributed by atoms with Crippen molar-refractivity contribution in [2.24, 2.45) is 0 Å². The van der Waals surface area contributed by atoms with Gasteiger partial charge in [0.25, 0.3) is 0 Å². The number of nitrogens with one attached hydrogen (secondary N) is 1. The van der Waals surface area contributed by atoms with Crippen LogP contribution in [0.4, 0.5) is 0 Å². The van der Waals surface area contributed by atoms with Crippen LogP contribution in [0, 0.1) is 0 Å². The average molecular weight is 103 g/mol. The predicted octanol–water partition coefficient (Wildman–Crippen LogP) is -0.269. The Hall–Kier alpha value is -0.0800. The highest BCUT2D eigenvalue weighted by Gasteiger charge is 2.06. The van der Waals surface area contributed by atoms with E-state index >= 15 is 0 Å². The van der Waals surface area contributed by atoms with Gasteiger partial charge in [-0.05, 0) is 25.9 Å². The van der Waals surface area contributed by atoms with Crippen LogP contribution in [-0.2, 0) is 0 Å². The van der Waals surface area contributed by atoms with E-state index in [-0.39, 0.29) is 6.10 Å². The van der Waals surface area contributed by atoms with Crippen LogP contribution < -0.4 is 5.31 Å².